The predicted molar refractivity (Wildman–Crippen MR) is 84.9 cm³/mol. The van der Waals surface area contributed by atoms with Crippen LogP contribution in [0.25, 0.3) is 10.8 Å². The second kappa shape index (κ2) is 5.97. The Bertz CT molecular complexity index is 771. The summed E-state index contributed by atoms with van der Waals surface area (Å²) in [5, 5.41) is 5.98. The van der Waals surface area contributed by atoms with Gasteiger partial charge in [0.15, 0.2) is 16.7 Å². The molecule has 3 aromatic rings. The van der Waals surface area contributed by atoms with Gasteiger partial charge < -0.3 is 10.1 Å². The number of methoxy groups -OCH3 is 1. The van der Waals surface area contributed by atoms with Gasteiger partial charge in [-0.05, 0) is 16.3 Å². The smallest absolute Gasteiger partial charge is 0.198 e. The number of hydrogen-bond donors (Lipinski definition) is 1. The van der Waals surface area contributed by atoms with Gasteiger partial charge in [-0.3, -0.25) is 0 Å². The summed E-state index contributed by atoms with van der Waals surface area (Å²) in [6, 6.07) is 14.5. The van der Waals surface area contributed by atoms with Crippen molar-refractivity contribution in [2.45, 2.75) is 6.54 Å². The number of ether oxygens (including phenoxy) is 1. The Hall–Kier alpha value is -2.33. The molecule has 5 heteroatoms. The number of rotatable bonds is 4. The van der Waals surface area contributed by atoms with Crippen LogP contribution in [0.15, 0.2) is 48.8 Å². The Morgan fingerprint density at radius 3 is 2.76 bits per heavy atom. The van der Waals surface area contributed by atoms with Gasteiger partial charge in [-0.2, -0.15) is 0 Å². The molecular formula is C16H14ClN3O. The summed E-state index contributed by atoms with van der Waals surface area (Å²) in [6.07, 6.45) is 1.41. The van der Waals surface area contributed by atoms with E-state index in [0.717, 1.165) is 0 Å². The third-order valence-corrected chi connectivity index (χ3v) is 3.56. The van der Waals surface area contributed by atoms with Crippen LogP contribution in [0.2, 0.25) is 5.15 Å². The number of halogens is 1. The van der Waals surface area contributed by atoms with E-state index >= 15 is 0 Å². The Morgan fingerprint density at radius 1 is 1.10 bits per heavy atom. The third-order valence-electron chi connectivity index (χ3n) is 3.29. The van der Waals surface area contributed by atoms with Crippen LogP contribution < -0.4 is 10.1 Å². The van der Waals surface area contributed by atoms with Crippen LogP contribution >= 0.6 is 11.6 Å². The fraction of sp³-hybridized carbons (Fsp3) is 0.125. The molecule has 2 aromatic carbocycles. The molecule has 0 unspecified atom stereocenters. The minimum absolute atomic E-state index is 0.299. The highest BCUT2D eigenvalue weighted by atomic mass is 35.5. The normalized spacial score (nSPS) is 10.6. The fourth-order valence-corrected chi connectivity index (χ4v) is 2.49. The molecule has 1 N–H and O–H groups in total. The van der Waals surface area contributed by atoms with Crippen molar-refractivity contribution < 1.29 is 4.74 Å². The van der Waals surface area contributed by atoms with Crippen LogP contribution in [0.1, 0.15) is 5.56 Å². The SMILES string of the molecule is COc1c(Cl)ncnc1NCc1cccc2ccccc12. The number of nitrogens with zero attached hydrogens (tertiary/aromatic N) is 2. The second-order valence-corrected chi connectivity index (χ2v) is 4.90. The standard InChI is InChI=1S/C16H14ClN3O/c1-21-14-15(17)19-10-20-16(14)18-9-12-7-4-6-11-5-2-3-8-13(11)12/h2-8,10H,9H2,1H3,(H,18,19,20). The van der Waals surface area contributed by atoms with Gasteiger partial charge in [0, 0.05) is 6.54 Å². The summed E-state index contributed by atoms with van der Waals surface area (Å²) in [5.41, 5.74) is 1.19. The Labute approximate surface area is 127 Å². The first-order valence-electron chi connectivity index (χ1n) is 6.54. The molecule has 106 valence electrons. The van der Waals surface area contributed by atoms with Crippen molar-refractivity contribution in [3.63, 3.8) is 0 Å². The Balaban J connectivity index is 1.89. The number of fused-ring (bicyclic) bond motifs is 1. The first-order chi connectivity index (χ1) is 10.3. The van der Waals surface area contributed by atoms with Gasteiger partial charge in [-0.1, -0.05) is 54.1 Å². The molecule has 0 spiro atoms. The number of anilines is 1. The maximum Gasteiger partial charge on any atom is 0.198 e. The molecule has 21 heavy (non-hydrogen) atoms. The number of benzene rings is 2. The maximum atomic E-state index is 5.99. The van der Waals surface area contributed by atoms with Crippen molar-refractivity contribution in [1.82, 2.24) is 9.97 Å². The average Bonchev–Trinajstić information content (AvgIpc) is 2.53. The maximum absolute atomic E-state index is 5.99. The Kier molecular flexibility index (Phi) is 3.88. The highest BCUT2D eigenvalue weighted by molar-refractivity contribution is 6.31. The lowest BCUT2D eigenvalue weighted by molar-refractivity contribution is 0.413. The zero-order chi connectivity index (χ0) is 14.7. The lowest BCUT2D eigenvalue weighted by Crippen LogP contribution is -2.04. The van der Waals surface area contributed by atoms with E-state index in [1.54, 1.807) is 7.11 Å². The number of hydrogen-bond acceptors (Lipinski definition) is 4. The van der Waals surface area contributed by atoms with Gasteiger partial charge in [-0.15, -0.1) is 0 Å². The van der Waals surface area contributed by atoms with Gasteiger partial charge in [0.25, 0.3) is 0 Å². The van der Waals surface area contributed by atoms with Crippen molar-refractivity contribution in [2.24, 2.45) is 0 Å². The molecule has 3 rings (SSSR count). The lowest BCUT2D eigenvalue weighted by atomic mass is 10.0. The molecule has 0 radical (unpaired) electrons. The van der Waals surface area contributed by atoms with E-state index in [4.69, 9.17) is 16.3 Å². The molecule has 0 aliphatic heterocycles. The van der Waals surface area contributed by atoms with Crippen LogP contribution in [0.5, 0.6) is 5.75 Å². The first-order valence-corrected chi connectivity index (χ1v) is 6.92. The molecule has 0 fully saturated rings. The first kappa shape index (κ1) is 13.6. The summed E-state index contributed by atoms with van der Waals surface area (Å²) >= 11 is 5.99. The van der Waals surface area contributed by atoms with E-state index < -0.39 is 0 Å². The van der Waals surface area contributed by atoms with E-state index in [2.05, 4.69) is 39.6 Å². The van der Waals surface area contributed by atoms with E-state index in [1.165, 1.54) is 22.7 Å². The molecule has 0 aliphatic rings. The zero-order valence-electron chi connectivity index (χ0n) is 11.5. The molecule has 1 aromatic heterocycles. The average molecular weight is 300 g/mol. The van der Waals surface area contributed by atoms with Crippen LogP contribution in [-0.2, 0) is 6.54 Å². The van der Waals surface area contributed by atoms with E-state index in [-0.39, 0.29) is 0 Å². The molecule has 0 aliphatic carbocycles. The van der Waals surface area contributed by atoms with Crippen LogP contribution in [0.3, 0.4) is 0 Å². The summed E-state index contributed by atoms with van der Waals surface area (Å²) in [4.78, 5) is 8.08. The summed E-state index contributed by atoms with van der Waals surface area (Å²) in [7, 11) is 1.55. The topological polar surface area (TPSA) is 47.0 Å². The third kappa shape index (κ3) is 2.76. The number of nitrogens with one attached hydrogen (secondary N) is 1. The monoisotopic (exact) mass is 299 g/mol. The summed E-state index contributed by atoms with van der Waals surface area (Å²) in [5.74, 6) is 1.05. The Morgan fingerprint density at radius 2 is 1.90 bits per heavy atom. The van der Waals surface area contributed by atoms with Gasteiger partial charge in [0.05, 0.1) is 7.11 Å². The number of aromatic nitrogens is 2. The molecule has 0 atom stereocenters. The predicted octanol–water partition coefficient (Wildman–Crippen LogP) is 3.90. The summed E-state index contributed by atoms with van der Waals surface area (Å²) in [6.45, 7) is 0.630. The van der Waals surface area contributed by atoms with E-state index in [0.29, 0.717) is 23.3 Å². The quantitative estimate of drug-likeness (QED) is 0.742. The molecule has 0 bridgehead atoms. The van der Waals surface area contributed by atoms with E-state index in [9.17, 15) is 0 Å². The van der Waals surface area contributed by atoms with Crippen LogP contribution in [-0.4, -0.2) is 17.1 Å². The van der Waals surface area contributed by atoms with Crippen molar-refractivity contribution in [2.75, 3.05) is 12.4 Å². The summed E-state index contributed by atoms with van der Waals surface area (Å²) < 4.78 is 5.23. The van der Waals surface area contributed by atoms with Crippen molar-refractivity contribution in [3.05, 3.63) is 59.5 Å². The van der Waals surface area contributed by atoms with Gasteiger partial charge in [-0.25, -0.2) is 9.97 Å². The molecule has 1 heterocycles. The van der Waals surface area contributed by atoms with Crippen LogP contribution in [0, 0.1) is 0 Å². The lowest BCUT2D eigenvalue weighted by Gasteiger charge is -2.12. The molecule has 0 saturated carbocycles. The molecule has 4 nitrogen and oxygen atoms in total. The van der Waals surface area contributed by atoms with Gasteiger partial charge in [0.1, 0.15) is 6.33 Å². The zero-order valence-corrected chi connectivity index (χ0v) is 12.3. The molecule has 0 amide bonds. The van der Waals surface area contributed by atoms with Gasteiger partial charge in [0.2, 0.25) is 0 Å². The fourth-order valence-electron chi connectivity index (χ4n) is 2.28. The minimum atomic E-state index is 0.299. The van der Waals surface area contributed by atoms with E-state index in [1.807, 2.05) is 18.2 Å². The second-order valence-electron chi connectivity index (χ2n) is 4.54. The molecular weight excluding hydrogens is 286 g/mol. The largest absolute Gasteiger partial charge is 0.490 e. The highest BCUT2D eigenvalue weighted by Crippen LogP contribution is 2.29. The van der Waals surface area contributed by atoms with Gasteiger partial charge >= 0.3 is 0 Å². The molecule has 0 saturated heterocycles. The van der Waals surface area contributed by atoms with Crippen molar-refractivity contribution >= 4 is 28.2 Å². The minimum Gasteiger partial charge on any atom is -0.490 e. The van der Waals surface area contributed by atoms with Crippen molar-refractivity contribution in [3.8, 4) is 5.75 Å². The van der Waals surface area contributed by atoms with Crippen molar-refractivity contribution in [1.29, 1.82) is 0 Å². The van der Waals surface area contributed by atoms with Crippen LogP contribution in [0.4, 0.5) is 5.82 Å². The highest BCUT2D eigenvalue weighted by Gasteiger charge is 2.10.